The highest BCUT2D eigenvalue weighted by Crippen LogP contribution is 2.57. The Morgan fingerprint density at radius 2 is 1.02 bits per heavy atom. The molecular formula is C62H42N4. The Labute approximate surface area is 383 Å². The van der Waals surface area contributed by atoms with E-state index in [9.17, 15) is 0 Å². The molecule has 66 heavy (non-hydrogen) atoms. The fourth-order valence-electron chi connectivity index (χ4n) is 10.9. The van der Waals surface area contributed by atoms with E-state index in [4.69, 9.17) is 4.98 Å². The molecule has 0 amide bonds. The van der Waals surface area contributed by atoms with Crippen molar-refractivity contribution in [3.63, 3.8) is 0 Å². The molecule has 0 saturated carbocycles. The SMILES string of the molecule is c1ccc(-n2ccc3ccc4c(c5cc(N(c6ccc(-c7ccccn7)cc6)c6ccc7c(c6)C(c6ccccc6)(c6ccccc6)c6ccccc6-7)ccc5n4-c4ccccc4)c32)cc1. The lowest BCUT2D eigenvalue weighted by Crippen LogP contribution is -2.28. The second kappa shape index (κ2) is 15.2. The van der Waals surface area contributed by atoms with Crippen LogP contribution in [0.25, 0.3) is 66.5 Å². The normalized spacial score (nSPS) is 12.7. The number of anilines is 3. The van der Waals surface area contributed by atoms with Gasteiger partial charge in [0.05, 0.1) is 27.7 Å². The minimum Gasteiger partial charge on any atom is -0.316 e. The molecule has 0 fully saturated rings. The van der Waals surface area contributed by atoms with Crippen LogP contribution in [0.4, 0.5) is 17.1 Å². The maximum Gasteiger partial charge on any atom is 0.0714 e. The van der Waals surface area contributed by atoms with Crippen molar-refractivity contribution >= 4 is 49.8 Å². The van der Waals surface area contributed by atoms with Crippen LogP contribution in [-0.2, 0) is 5.41 Å². The zero-order chi connectivity index (χ0) is 43.6. The van der Waals surface area contributed by atoms with E-state index in [2.05, 4.69) is 251 Å². The maximum atomic E-state index is 4.69. The highest BCUT2D eigenvalue weighted by atomic mass is 15.1. The van der Waals surface area contributed by atoms with Gasteiger partial charge in [-0.25, -0.2) is 0 Å². The van der Waals surface area contributed by atoms with Crippen LogP contribution < -0.4 is 4.90 Å². The molecule has 0 radical (unpaired) electrons. The van der Waals surface area contributed by atoms with Crippen molar-refractivity contribution in [2.45, 2.75) is 5.41 Å². The van der Waals surface area contributed by atoms with Crippen LogP contribution in [0.1, 0.15) is 22.3 Å². The number of fused-ring (bicyclic) bond motifs is 8. The van der Waals surface area contributed by atoms with Gasteiger partial charge in [-0.1, -0.05) is 152 Å². The number of pyridine rings is 1. The summed E-state index contributed by atoms with van der Waals surface area (Å²) in [6, 6.07) is 88.4. The number of hydrogen-bond donors (Lipinski definition) is 0. The lowest BCUT2D eigenvalue weighted by Gasteiger charge is -2.35. The van der Waals surface area contributed by atoms with Crippen molar-refractivity contribution in [1.29, 1.82) is 0 Å². The highest BCUT2D eigenvalue weighted by Gasteiger charge is 2.46. The summed E-state index contributed by atoms with van der Waals surface area (Å²) in [5, 5.41) is 3.59. The molecule has 0 atom stereocenters. The Hall–Kier alpha value is -8.73. The van der Waals surface area contributed by atoms with E-state index in [1.54, 1.807) is 0 Å². The molecule has 1 aliphatic carbocycles. The van der Waals surface area contributed by atoms with E-state index in [-0.39, 0.29) is 0 Å². The summed E-state index contributed by atoms with van der Waals surface area (Å²) in [5.74, 6) is 0. The zero-order valence-corrected chi connectivity index (χ0v) is 36.0. The predicted molar refractivity (Wildman–Crippen MR) is 273 cm³/mol. The Morgan fingerprint density at radius 1 is 0.424 bits per heavy atom. The molecule has 0 aliphatic heterocycles. The molecule has 1 aliphatic rings. The number of para-hydroxylation sites is 2. The molecule has 0 saturated heterocycles. The minimum absolute atomic E-state index is 0.541. The molecule has 9 aromatic carbocycles. The molecular weight excluding hydrogens is 801 g/mol. The largest absolute Gasteiger partial charge is 0.316 e. The molecule has 0 bridgehead atoms. The number of hydrogen-bond acceptors (Lipinski definition) is 2. The Kier molecular flexibility index (Phi) is 8.72. The Morgan fingerprint density at radius 3 is 1.73 bits per heavy atom. The standard InChI is InChI=1S/C62H42N4/c1-5-17-45(18-6-1)62(46-19-7-2-8-20-46)55-26-14-13-25-52(55)53-35-33-51(42-56(53)62)65(49-31-28-43(29-32-49)57-27-15-16-39-63-57)50-34-37-58-54(41-50)60-59(66(58)48-23-11-4-12-24-48)36-30-44-38-40-64(61(44)60)47-21-9-3-10-22-47/h1-42H. The molecule has 310 valence electrons. The molecule has 13 rings (SSSR count). The van der Waals surface area contributed by atoms with E-state index < -0.39 is 5.41 Å². The Balaban J connectivity index is 1.09. The van der Waals surface area contributed by atoms with Gasteiger partial charge in [-0.15, -0.1) is 0 Å². The van der Waals surface area contributed by atoms with Gasteiger partial charge >= 0.3 is 0 Å². The van der Waals surface area contributed by atoms with Crippen molar-refractivity contribution in [1.82, 2.24) is 14.1 Å². The number of aromatic nitrogens is 3. The number of benzene rings is 9. The first kappa shape index (κ1) is 37.8. The summed E-state index contributed by atoms with van der Waals surface area (Å²) in [5.41, 5.74) is 18.0. The summed E-state index contributed by atoms with van der Waals surface area (Å²) in [4.78, 5) is 7.13. The lowest BCUT2D eigenvalue weighted by molar-refractivity contribution is 0.768. The van der Waals surface area contributed by atoms with Crippen LogP contribution in [-0.4, -0.2) is 14.1 Å². The van der Waals surface area contributed by atoms with Crippen LogP contribution in [0.2, 0.25) is 0 Å². The molecule has 0 spiro atoms. The van der Waals surface area contributed by atoms with E-state index in [0.29, 0.717) is 0 Å². The van der Waals surface area contributed by atoms with Crippen LogP contribution in [0.5, 0.6) is 0 Å². The van der Waals surface area contributed by atoms with Crippen LogP contribution >= 0.6 is 0 Å². The van der Waals surface area contributed by atoms with Gasteiger partial charge in [0.25, 0.3) is 0 Å². The second-order valence-corrected chi connectivity index (χ2v) is 17.1. The van der Waals surface area contributed by atoms with E-state index in [1.807, 2.05) is 18.3 Å². The maximum absolute atomic E-state index is 4.69. The average molecular weight is 843 g/mol. The number of nitrogens with zero attached hydrogens (tertiary/aromatic N) is 4. The summed E-state index contributed by atoms with van der Waals surface area (Å²) >= 11 is 0. The molecule has 0 unspecified atom stereocenters. The average Bonchev–Trinajstić information content (AvgIpc) is 4.07. The van der Waals surface area contributed by atoms with Crippen molar-refractivity contribution in [2.75, 3.05) is 4.90 Å². The van der Waals surface area contributed by atoms with Gasteiger partial charge in [0.2, 0.25) is 0 Å². The third-order valence-electron chi connectivity index (χ3n) is 13.7. The molecule has 12 aromatic rings. The van der Waals surface area contributed by atoms with Crippen LogP contribution in [0.15, 0.2) is 255 Å². The second-order valence-electron chi connectivity index (χ2n) is 17.1. The molecule has 0 N–H and O–H groups in total. The van der Waals surface area contributed by atoms with Crippen LogP contribution in [0.3, 0.4) is 0 Å². The smallest absolute Gasteiger partial charge is 0.0714 e. The molecule has 4 nitrogen and oxygen atoms in total. The molecule has 3 aromatic heterocycles. The third kappa shape index (κ3) is 5.75. The molecule has 3 heterocycles. The summed E-state index contributed by atoms with van der Waals surface area (Å²) in [6.07, 6.45) is 4.06. The van der Waals surface area contributed by atoms with Crippen molar-refractivity contribution in [3.8, 4) is 33.8 Å². The quantitative estimate of drug-likeness (QED) is 0.152. The van der Waals surface area contributed by atoms with Gasteiger partial charge in [-0.3, -0.25) is 4.98 Å². The van der Waals surface area contributed by atoms with Gasteiger partial charge < -0.3 is 14.0 Å². The van der Waals surface area contributed by atoms with E-state index in [0.717, 1.165) is 50.7 Å². The monoisotopic (exact) mass is 842 g/mol. The topological polar surface area (TPSA) is 26.0 Å². The first-order valence-electron chi connectivity index (χ1n) is 22.6. The summed E-state index contributed by atoms with van der Waals surface area (Å²) in [6.45, 7) is 0. The van der Waals surface area contributed by atoms with Gasteiger partial charge in [0.1, 0.15) is 0 Å². The highest BCUT2D eigenvalue weighted by molar-refractivity contribution is 6.21. The van der Waals surface area contributed by atoms with E-state index in [1.165, 1.54) is 55.1 Å². The minimum atomic E-state index is -0.541. The fraction of sp³-hybridized carbons (Fsp3) is 0.0161. The predicted octanol–water partition coefficient (Wildman–Crippen LogP) is 15.6. The van der Waals surface area contributed by atoms with Crippen molar-refractivity contribution < 1.29 is 0 Å². The molecule has 4 heteroatoms. The first-order chi connectivity index (χ1) is 32.8. The van der Waals surface area contributed by atoms with Gasteiger partial charge in [0.15, 0.2) is 0 Å². The fourth-order valence-corrected chi connectivity index (χ4v) is 10.9. The summed E-state index contributed by atoms with van der Waals surface area (Å²) in [7, 11) is 0. The van der Waals surface area contributed by atoms with E-state index >= 15 is 0 Å². The Bertz CT molecular complexity index is 3690. The number of rotatable bonds is 8. The van der Waals surface area contributed by atoms with Gasteiger partial charge in [-0.2, -0.15) is 0 Å². The van der Waals surface area contributed by atoms with Gasteiger partial charge in [-0.05, 0) is 124 Å². The first-order valence-corrected chi connectivity index (χ1v) is 22.6. The summed E-state index contributed by atoms with van der Waals surface area (Å²) < 4.78 is 4.76. The van der Waals surface area contributed by atoms with Crippen molar-refractivity contribution in [2.24, 2.45) is 0 Å². The van der Waals surface area contributed by atoms with Crippen LogP contribution in [0, 0.1) is 0 Å². The zero-order valence-electron chi connectivity index (χ0n) is 36.0. The lowest BCUT2D eigenvalue weighted by atomic mass is 9.67. The van der Waals surface area contributed by atoms with Gasteiger partial charge in [0, 0.05) is 62.6 Å². The van der Waals surface area contributed by atoms with Crippen molar-refractivity contribution in [3.05, 3.63) is 277 Å². The third-order valence-corrected chi connectivity index (χ3v) is 13.7.